The lowest BCUT2D eigenvalue weighted by atomic mass is 9.95. The largest absolute Gasteiger partial charge is 0.303 e. The maximum absolute atomic E-state index is 10.9. The Morgan fingerprint density at radius 2 is 2.07 bits per heavy atom. The summed E-state index contributed by atoms with van der Waals surface area (Å²) in [6.07, 6.45) is 6.25. The Balaban J connectivity index is 2.38. The number of nitrogens with zero attached hydrogens (tertiary/aromatic N) is 1. The van der Waals surface area contributed by atoms with Gasteiger partial charge < -0.3 is 4.79 Å². The van der Waals surface area contributed by atoms with E-state index in [1.54, 1.807) is 0 Å². The van der Waals surface area contributed by atoms with Gasteiger partial charge in [0.05, 0.1) is 0 Å². The maximum Gasteiger partial charge on any atom is 0.126 e. The normalized spacial score (nSPS) is 17.4. The monoisotopic (exact) mass is 197 g/mol. The van der Waals surface area contributed by atoms with Crippen LogP contribution in [-0.4, -0.2) is 30.3 Å². The SMILES string of the molecule is CCCCN(CC(C)(C)C=O)C1CC1. The molecule has 1 fully saturated rings. The van der Waals surface area contributed by atoms with Crippen molar-refractivity contribution in [3.05, 3.63) is 0 Å². The van der Waals surface area contributed by atoms with Crippen LogP contribution in [-0.2, 0) is 4.79 Å². The van der Waals surface area contributed by atoms with Crippen molar-refractivity contribution >= 4 is 6.29 Å². The number of carbonyl (C=O) groups excluding carboxylic acids is 1. The third kappa shape index (κ3) is 3.79. The summed E-state index contributed by atoms with van der Waals surface area (Å²) in [5.74, 6) is 0. The molecule has 0 atom stereocenters. The summed E-state index contributed by atoms with van der Waals surface area (Å²) in [6.45, 7) is 8.37. The van der Waals surface area contributed by atoms with Crippen molar-refractivity contribution in [2.75, 3.05) is 13.1 Å². The van der Waals surface area contributed by atoms with Crippen LogP contribution in [0.5, 0.6) is 0 Å². The van der Waals surface area contributed by atoms with Gasteiger partial charge in [0.25, 0.3) is 0 Å². The molecule has 1 saturated carbocycles. The Morgan fingerprint density at radius 3 is 2.50 bits per heavy atom. The molecule has 82 valence electrons. The summed E-state index contributed by atoms with van der Waals surface area (Å²) in [5, 5.41) is 0. The fourth-order valence-electron chi connectivity index (χ4n) is 1.75. The zero-order valence-corrected chi connectivity index (χ0v) is 9.75. The van der Waals surface area contributed by atoms with Gasteiger partial charge in [-0.1, -0.05) is 27.2 Å². The summed E-state index contributed by atoms with van der Waals surface area (Å²) in [4.78, 5) is 13.4. The molecule has 0 N–H and O–H groups in total. The number of hydrogen-bond donors (Lipinski definition) is 0. The van der Waals surface area contributed by atoms with Crippen LogP contribution in [0.15, 0.2) is 0 Å². The molecule has 14 heavy (non-hydrogen) atoms. The molecule has 0 bridgehead atoms. The van der Waals surface area contributed by atoms with Crippen molar-refractivity contribution in [1.82, 2.24) is 4.90 Å². The van der Waals surface area contributed by atoms with Crippen LogP contribution in [0.3, 0.4) is 0 Å². The van der Waals surface area contributed by atoms with Crippen molar-refractivity contribution < 1.29 is 4.79 Å². The van der Waals surface area contributed by atoms with Gasteiger partial charge in [-0.25, -0.2) is 0 Å². The molecule has 0 aromatic rings. The van der Waals surface area contributed by atoms with Crippen molar-refractivity contribution in [3.8, 4) is 0 Å². The summed E-state index contributed by atoms with van der Waals surface area (Å²) in [7, 11) is 0. The number of hydrogen-bond acceptors (Lipinski definition) is 2. The minimum Gasteiger partial charge on any atom is -0.303 e. The topological polar surface area (TPSA) is 20.3 Å². The zero-order valence-electron chi connectivity index (χ0n) is 9.75. The molecule has 0 radical (unpaired) electrons. The van der Waals surface area contributed by atoms with Gasteiger partial charge in [0.1, 0.15) is 6.29 Å². The van der Waals surface area contributed by atoms with E-state index in [9.17, 15) is 4.79 Å². The fourth-order valence-corrected chi connectivity index (χ4v) is 1.75. The Bertz CT molecular complexity index is 185. The molecular weight excluding hydrogens is 174 g/mol. The first-order valence-corrected chi connectivity index (χ1v) is 5.79. The van der Waals surface area contributed by atoms with Crippen LogP contribution in [0.2, 0.25) is 0 Å². The van der Waals surface area contributed by atoms with Gasteiger partial charge >= 0.3 is 0 Å². The third-order valence-corrected chi connectivity index (χ3v) is 2.79. The fraction of sp³-hybridized carbons (Fsp3) is 0.917. The van der Waals surface area contributed by atoms with E-state index in [2.05, 4.69) is 11.8 Å². The molecule has 0 spiro atoms. The van der Waals surface area contributed by atoms with E-state index in [1.807, 2.05) is 13.8 Å². The predicted molar refractivity (Wildman–Crippen MR) is 59.3 cm³/mol. The lowest BCUT2D eigenvalue weighted by molar-refractivity contribution is -0.115. The van der Waals surface area contributed by atoms with Crippen LogP contribution < -0.4 is 0 Å². The van der Waals surface area contributed by atoms with E-state index in [0.29, 0.717) is 0 Å². The van der Waals surface area contributed by atoms with Crippen molar-refractivity contribution in [1.29, 1.82) is 0 Å². The molecule has 0 aromatic carbocycles. The van der Waals surface area contributed by atoms with Gasteiger partial charge in [-0.2, -0.15) is 0 Å². The van der Waals surface area contributed by atoms with E-state index in [1.165, 1.54) is 32.2 Å². The average molecular weight is 197 g/mol. The molecule has 0 heterocycles. The molecule has 2 heteroatoms. The van der Waals surface area contributed by atoms with Gasteiger partial charge in [-0.15, -0.1) is 0 Å². The molecule has 0 unspecified atom stereocenters. The Labute approximate surface area is 87.7 Å². The lowest BCUT2D eigenvalue weighted by Gasteiger charge is -2.28. The molecule has 0 amide bonds. The van der Waals surface area contributed by atoms with Crippen molar-refractivity contribution in [2.24, 2.45) is 5.41 Å². The number of aldehydes is 1. The highest BCUT2D eigenvalue weighted by atomic mass is 16.1. The number of rotatable bonds is 7. The first kappa shape index (κ1) is 11.7. The van der Waals surface area contributed by atoms with E-state index < -0.39 is 0 Å². The smallest absolute Gasteiger partial charge is 0.126 e. The molecule has 1 aliphatic carbocycles. The highest BCUT2D eigenvalue weighted by Crippen LogP contribution is 2.29. The van der Waals surface area contributed by atoms with Gasteiger partial charge in [-0.3, -0.25) is 4.90 Å². The van der Waals surface area contributed by atoms with E-state index in [0.717, 1.165) is 18.9 Å². The van der Waals surface area contributed by atoms with Crippen molar-refractivity contribution in [3.63, 3.8) is 0 Å². The van der Waals surface area contributed by atoms with E-state index in [-0.39, 0.29) is 5.41 Å². The Hall–Kier alpha value is -0.370. The van der Waals surface area contributed by atoms with Crippen molar-refractivity contribution in [2.45, 2.75) is 52.5 Å². The second-order valence-corrected chi connectivity index (χ2v) is 5.16. The quantitative estimate of drug-likeness (QED) is 0.584. The summed E-state index contributed by atoms with van der Waals surface area (Å²) in [5.41, 5.74) is -0.170. The van der Waals surface area contributed by atoms with E-state index in [4.69, 9.17) is 0 Å². The maximum atomic E-state index is 10.9. The number of unbranched alkanes of at least 4 members (excludes halogenated alkanes) is 1. The van der Waals surface area contributed by atoms with Gasteiger partial charge in [0.2, 0.25) is 0 Å². The molecular formula is C12H23NO. The van der Waals surface area contributed by atoms with Gasteiger partial charge in [0.15, 0.2) is 0 Å². The van der Waals surface area contributed by atoms with Crippen LogP contribution in [0, 0.1) is 5.41 Å². The molecule has 2 nitrogen and oxygen atoms in total. The Kier molecular flexibility index (Phi) is 4.11. The molecule has 0 saturated heterocycles. The predicted octanol–water partition coefficient (Wildman–Crippen LogP) is 2.48. The van der Waals surface area contributed by atoms with Gasteiger partial charge in [0, 0.05) is 18.0 Å². The standard InChI is InChI=1S/C12H23NO/c1-4-5-8-13(11-6-7-11)9-12(2,3)10-14/h10-11H,4-9H2,1-3H3. The summed E-state index contributed by atoms with van der Waals surface area (Å²) < 4.78 is 0. The molecule has 0 aromatic heterocycles. The summed E-state index contributed by atoms with van der Waals surface area (Å²) in [6, 6.07) is 0.778. The second kappa shape index (κ2) is 4.92. The molecule has 0 aliphatic heterocycles. The lowest BCUT2D eigenvalue weighted by Crippen LogP contribution is -2.37. The number of carbonyl (C=O) groups is 1. The minimum atomic E-state index is -0.170. The average Bonchev–Trinajstić information content (AvgIpc) is 2.95. The first-order chi connectivity index (χ1) is 6.59. The Morgan fingerprint density at radius 1 is 1.43 bits per heavy atom. The molecule has 1 aliphatic rings. The minimum absolute atomic E-state index is 0.170. The first-order valence-electron chi connectivity index (χ1n) is 5.79. The third-order valence-electron chi connectivity index (χ3n) is 2.79. The molecule has 1 rings (SSSR count). The van der Waals surface area contributed by atoms with Crippen LogP contribution in [0.1, 0.15) is 46.5 Å². The van der Waals surface area contributed by atoms with E-state index >= 15 is 0 Å². The zero-order chi connectivity index (χ0) is 10.6. The van der Waals surface area contributed by atoms with Gasteiger partial charge in [-0.05, 0) is 25.8 Å². The van der Waals surface area contributed by atoms with Crippen LogP contribution in [0.4, 0.5) is 0 Å². The van der Waals surface area contributed by atoms with Crippen LogP contribution >= 0.6 is 0 Å². The highest BCUT2D eigenvalue weighted by molar-refractivity contribution is 5.58. The highest BCUT2D eigenvalue weighted by Gasteiger charge is 2.32. The van der Waals surface area contributed by atoms with Crippen LogP contribution in [0.25, 0.3) is 0 Å². The second-order valence-electron chi connectivity index (χ2n) is 5.16. The summed E-state index contributed by atoms with van der Waals surface area (Å²) >= 11 is 0.